The van der Waals surface area contributed by atoms with E-state index >= 15 is 0 Å². The predicted molar refractivity (Wildman–Crippen MR) is 76.3 cm³/mol. The molecule has 2 aromatic rings. The number of hydrogen-bond acceptors (Lipinski definition) is 6. The van der Waals surface area contributed by atoms with Crippen molar-refractivity contribution in [2.75, 3.05) is 20.3 Å². The van der Waals surface area contributed by atoms with E-state index in [0.29, 0.717) is 18.3 Å². The largest absolute Gasteiger partial charge is 0.497 e. The molecule has 1 aliphatic heterocycles. The Kier molecular flexibility index (Phi) is 3.79. The van der Waals surface area contributed by atoms with Crippen molar-refractivity contribution in [3.8, 4) is 11.5 Å². The Morgan fingerprint density at radius 2 is 2.24 bits per heavy atom. The van der Waals surface area contributed by atoms with Gasteiger partial charge in [-0.3, -0.25) is 4.90 Å². The van der Waals surface area contributed by atoms with Crippen LogP contribution in [0.25, 0.3) is 0 Å². The quantitative estimate of drug-likeness (QED) is 0.864. The highest BCUT2D eigenvalue weighted by Gasteiger charge is 2.24. The van der Waals surface area contributed by atoms with Crippen molar-refractivity contribution in [1.82, 2.24) is 15.0 Å². The van der Waals surface area contributed by atoms with Crippen molar-refractivity contribution in [1.29, 1.82) is 0 Å². The van der Waals surface area contributed by atoms with Gasteiger partial charge in [0.15, 0.2) is 5.82 Å². The number of fused-ring (bicyclic) bond motifs is 1. The first-order chi connectivity index (χ1) is 10.2. The van der Waals surface area contributed by atoms with Gasteiger partial charge in [0.2, 0.25) is 5.89 Å². The molecule has 0 spiro atoms. The second-order valence-corrected chi connectivity index (χ2v) is 5.14. The normalized spacial score (nSPS) is 16.7. The summed E-state index contributed by atoms with van der Waals surface area (Å²) in [6, 6.07) is 6.01. The Morgan fingerprint density at radius 1 is 1.38 bits per heavy atom. The zero-order chi connectivity index (χ0) is 14.8. The van der Waals surface area contributed by atoms with Crippen LogP contribution in [0.3, 0.4) is 0 Å². The van der Waals surface area contributed by atoms with Crippen LogP contribution in [0.1, 0.15) is 30.2 Å². The molecule has 0 radical (unpaired) electrons. The monoisotopic (exact) mass is 289 g/mol. The van der Waals surface area contributed by atoms with Crippen molar-refractivity contribution in [3.05, 3.63) is 35.5 Å². The van der Waals surface area contributed by atoms with E-state index in [2.05, 4.69) is 22.0 Å². The summed E-state index contributed by atoms with van der Waals surface area (Å²) in [4.78, 5) is 6.60. The molecule has 6 heteroatoms. The minimum absolute atomic E-state index is 0.0825. The molecule has 0 fully saturated rings. The van der Waals surface area contributed by atoms with Gasteiger partial charge in [0.05, 0.1) is 13.2 Å². The van der Waals surface area contributed by atoms with Crippen molar-refractivity contribution < 1.29 is 14.0 Å². The molecule has 0 N–H and O–H groups in total. The molecule has 0 bridgehead atoms. The number of nitrogens with zero attached hydrogens (tertiary/aromatic N) is 3. The van der Waals surface area contributed by atoms with Gasteiger partial charge in [0.25, 0.3) is 0 Å². The minimum atomic E-state index is 0.0825. The summed E-state index contributed by atoms with van der Waals surface area (Å²) in [5.41, 5.74) is 1.14. The van der Waals surface area contributed by atoms with Crippen molar-refractivity contribution in [3.63, 3.8) is 0 Å². The number of aromatic nitrogens is 2. The lowest BCUT2D eigenvalue weighted by Gasteiger charge is -2.24. The summed E-state index contributed by atoms with van der Waals surface area (Å²) >= 11 is 0. The molecule has 1 unspecified atom stereocenters. The van der Waals surface area contributed by atoms with Crippen molar-refractivity contribution in [2.24, 2.45) is 0 Å². The maximum atomic E-state index is 5.83. The van der Waals surface area contributed by atoms with E-state index < -0.39 is 0 Å². The van der Waals surface area contributed by atoms with Gasteiger partial charge in [0, 0.05) is 31.6 Å². The topological polar surface area (TPSA) is 60.6 Å². The Hall–Kier alpha value is -2.08. The molecule has 2 heterocycles. The highest BCUT2D eigenvalue weighted by atomic mass is 16.5. The Balaban J connectivity index is 1.82. The third-order valence-corrected chi connectivity index (χ3v) is 3.75. The van der Waals surface area contributed by atoms with E-state index in [0.717, 1.165) is 30.2 Å². The lowest BCUT2D eigenvalue weighted by atomic mass is 10.1. The average Bonchev–Trinajstić information content (AvgIpc) is 2.82. The zero-order valence-electron chi connectivity index (χ0n) is 12.5. The number of methoxy groups -OCH3 is 1. The van der Waals surface area contributed by atoms with Crippen LogP contribution in [0, 0.1) is 6.92 Å². The first-order valence-electron chi connectivity index (χ1n) is 7.01. The van der Waals surface area contributed by atoms with Crippen molar-refractivity contribution >= 4 is 0 Å². The Bertz CT molecular complexity index is 626. The number of aryl methyl sites for hydroxylation is 1. The first-order valence-corrected chi connectivity index (χ1v) is 7.01. The molecule has 0 saturated carbocycles. The van der Waals surface area contributed by atoms with E-state index in [4.69, 9.17) is 14.0 Å². The SMILES string of the molecule is COc1ccc2c(c1)OCCN(C(C)c1noc(C)n1)C2. The predicted octanol–water partition coefficient (Wildman–Crippen LogP) is 2.34. The average molecular weight is 289 g/mol. The molecule has 1 aliphatic rings. The molecular weight excluding hydrogens is 270 g/mol. The number of ether oxygens (including phenoxy) is 2. The lowest BCUT2D eigenvalue weighted by molar-refractivity contribution is 0.171. The molecule has 21 heavy (non-hydrogen) atoms. The van der Waals surface area contributed by atoms with Gasteiger partial charge in [0.1, 0.15) is 18.1 Å². The molecule has 1 aromatic heterocycles. The molecule has 0 saturated heterocycles. The van der Waals surface area contributed by atoms with Gasteiger partial charge in [-0.2, -0.15) is 4.98 Å². The van der Waals surface area contributed by atoms with Crippen LogP contribution in [-0.4, -0.2) is 35.3 Å². The smallest absolute Gasteiger partial charge is 0.223 e. The van der Waals surface area contributed by atoms with Crippen LogP contribution in [0.5, 0.6) is 11.5 Å². The van der Waals surface area contributed by atoms with E-state index in [1.54, 1.807) is 14.0 Å². The van der Waals surface area contributed by atoms with Crippen LogP contribution in [0.4, 0.5) is 0 Å². The van der Waals surface area contributed by atoms with Gasteiger partial charge in [-0.1, -0.05) is 11.2 Å². The molecule has 1 atom stereocenters. The third kappa shape index (κ3) is 2.85. The highest BCUT2D eigenvalue weighted by Crippen LogP contribution is 2.30. The molecule has 6 nitrogen and oxygen atoms in total. The van der Waals surface area contributed by atoms with E-state index in [-0.39, 0.29) is 6.04 Å². The van der Waals surface area contributed by atoms with Crippen LogP contribution in [0.2, 0.25) is 0 Å². The van der Waals surface area contributed by atoms with Crippen molar-refractivity contribution in [2.45, 2.75) is 26.4 Å². The molecular formula is C15H19N3O3. The zero-order valence-corrected chi connectivity index (χ0v) is 12.5. The highest BCUT2D eigenvalue weighted by molar-refractivity contribution is 5.41. The molecule has 0 aliphatic carbocycles. The maximum absolute atomic E-state index is 5.83. The van der Waals surface area contributed by atoms with Crippen LogP contribution >= 0.6 is 0 Å². The Labute approximate surface area is 123 Å². The second kappa shape index (κ2) is 5.73. The van der Waals surface area contributed by atoms with Crippen LogP contribution in [-0.2, 0) is 6.54 Å². The summed E-state index contributed by atoms with van der Waals surface area (Å²) in [6.07, 6.45) is 0. The molecule has 112 valence electrons. The van der Waals surface area contributed by atoms with Gasteiger partial charge in [-0.25, -0.2) is 0 Å². The maximum Gasteiger partial charge on any atom is 0.223 e. The Morgan fingerprint density at radius 3 is 2.95 bits per heavy atom. The molecule has 1 aromatic carbocycles. The fourth-order valence-corrected chi connectivity index (χ4v) is 2.48. The third-order valence-electron chi connectivity index (χ3n) is 3.75. The standard InChI is InChI=1S/C15H19N3O3/c1-10(15-16-11(2)21-17-15)18-6-7-20-14-8-13(19-3)5-4-12(14)9-18/h4-5,8,10H,6-7,9H2,1-3H3. The fraction of sp³-hybridized carbons (Fsp3) is 0.467. The van der Waals surface area contributed by atoms with Gasteiger partial charge in [-0.05, 0) is 13.0 Å². The summed E-state index contributed by atoms with van der Waals surface area (Å²) in [7, 11) is 1.66. The number of rotatable bonds is 3. The van der Waals surface area contributed by atoms with Gasteiger partial charge in [-0.15, -0.1) is 0 Å². The minimum Gasteiger partial charge on any atom is -0.497 e. The molecule has 3 rings (SSSR count). The first kappa shape index (κ1) is 13.9. The lowest BCUT2D eigenvalue weighted by Crippen LogP contribution is -2.29. The van der Waals surface area contributed by atoms with E-state index in [1.165, 1.54) is 0 Å². The fourth-order valence-electron chi connectivity index (χ4n) is 2.48. The van der Waals surface area contributed by atoms with Gasteiger partial charge < -0.3 is 14.0 Å². The summed E-state index contributed by atoms with van der Waals surface area (Å²) in [5.74, 6) is 3.00. The van der Waals surface area contributed by atoms with Gasteiger partial charge >= 0.3 is 0 Å². The summed E-state index contributed by atoms with van der Waals surface area (Å²) < 4.78 is 16.1. The number of benzene rings is 1. The summed E-state index contributed by atoms with van der Waals surface area (Å²) in [5, 5.41) is 4.02. The number of hydrogen-bond donors (Lipinski definition) is 0. The van der Waals surface area contributed by atoms with E-state index in [9.17, 15) is 0 Å². The van der Waals surface area contributed by atoms with Crippen LogP contribution < -0.4 is 9.47 Å². The second-order valence-electron chi connectivity index (χ2n) is 5.14. The molecule has 0 amide bonds. The summed E-state index contributed by atoms with van der Waals surface area (Å²) in [6.45, 7) is 6.11. The van der Waals surface area contributed by atoms with E-state index in [1.807, 2.05) is 18.2 Å². The van der Waals surface area contributed by atoms with Crippen LogP contribution in [0.15, 0.2) is 22.7 Å².